The summed E-state index contributed by atoms with van der Waals surface area (Å²) in [6.07, 6.45) is -3.79. The number of fused-ring (bicyclic) bond motifs is 1. The van der Waals surface area contributed by atoms with Gasteiger partial charge in [-0.25, -0.2) is 18.5 Å². The molecule has 11 heteroatoms. The number of sulfonamides is 1. The van der Waals surface area contributed by atoms with Gasteiger partial charge in [-0.3, -0.25) is 4.57 Å². The van der Waals surface area contributed by atoms with E-state index < -0.39 is 21.9 Å². The molecule has 2 N–H and O–H groups in total. The van der Waals surface area contributed by atoms with Crippen LogP contribution in [0.5, 0.6) is 11.5 Å². The van der Waals surface area contributed by atoms with Crippen LogP contribution in [0.15, 0.2) is 53.6 Å². The van der Waals surface area contributed by atoms with E-state index in [4.69, 9.17) is 14.6 Å². The number of ether oxygens (including phenoxy) is 2. The molecular formula is C17H12F3N3O4S. The second-order valence-electron chi connectivity index (χ2n) is 5.92. The van der Waals surface area contributed by atoms with E-state index in [9.17, 15) is 21.6 Å². The Bertz CT molecular complexity index is 1160. The van der Waals surface area contributed by atoms with Crippen molar-refractivity contribution in [3.05, 3.63) is 54.4 Å². The first kappa shape index (κ1) is 18.3. The molecule has 0 saturated carbocycles. The molecule has 0 amide bonds. The summed E-state index contributed by atoms with van der Waals surface area (Å²) in [7, 11) is -3.93. The van der Waals surface area contributed by atoms with Gasteiger partial charge in [-0.1, -0.05) is 0 Å². The average Bonchev–Trinajstić information content (AvgIpc) is 3.27. The molecule has 2 aromatic carbocycles. The number of nitrogens with zero attached hydrogens (tertiary/aromatic N) is 2. The molecule has 0 spiro atoms. The van der Waals surface area contributed by atoms with Crippen molar-refractivity contribution in [3.63, 3.8) is 0 Å². The summed E-state index contributed by atoms with van der Waals surface area (Å²) in [5, 5.41) is 5.06. The molecule has 0 saturated heterocycles. The van der Waals surface area contributed by atoms with Crippen LogP contribution in [0, 0.1) is 0 Å². The first-order valence-corrected chi connectivity index (χ1v) is 9.37. The number of benzene rings is 2. The first-order valence-electron chi connectivity index (χ1n) is 7.83. The Labute approximate surface area is 157 Å². The standard InChI is InChI=1S/C17H12F3N3O4S/c18-17(19,20)15-8-23(11-3-6-13-14(7-11)27-9-26-13)16(22-15)10-1-4-12(5-2-10)28(21,24)25/h1-8H,9H2,(H2,21,24,25). The van der Waals surface area contributed by atoms with Gasteiger partial charge in [-0.2, -0.15) is 13.2 Å². The van der Waals surface area contributed by atoms with Gasteiger partial charge in [0.25, 0.3) is 0 Å². The normalized spacial score (nSPS) is 13.7. The molecule has 4 rings (SSSR count). The van der Waals surface area contributed by atoms with Crippen LogP contribution in [0.25, 0.3) is 17.1 Å². The summed E-state index contributed by atoms with van der Waals surface area (Å²) in [6.45, 7) is 0.0262. The fourth-order valence-corrected chi connectivity index (χ4v) is 3.26. The molecule has 0 aliphatic carbocycles. The molecular weight excluding hydrogens is 399 g/mol. The highest BCUT2D eigenvalue weighted by atomic mass is 32.2. The Kier molecular flexibility index (Phi) is 4.08. The Hall–Kier alpha value is -3.05. The monoisotopic (exact) mass is 411 g/mol. The van der Waals surface area contributed by atoms with Crippen LogP contribution in [0.3, 0.4) is 0 Å². The summed E-state index contributed by atoms with van der Waals surface area (Å²) in [4.78, 5) is 3.54. The number of nitrogens with two attached hydrogens (primary N) is 1. The minimum atomic E-state index is -4.66. The Morgan fingerprint density at radius 2 is 1.71 bits per heavy atom. The van der Waals surface area contributed by atoms with Gasteiger partial charge in [0, 0.05) is 17.8 Å². The molecule has 28 heavy (non-hydrogen) atoms. The van der Waals surface area contributed by atoms with E-state index in [0.717, 1.165) is 6.20 Å². The van der Waals surface area contributed by atoms with Crippen LogP contribution < -0.4 is 14.6 Å². The van der Waals surface area contributed by atoms with E-state index in [0.29, 0.717) is 17.2 Å². The third kappa shape index (κ3) is 3.29. The molecule has 0 unspecified atom stereocenters. The second kappa shape index (κ2) is 6.24. The second-order valence-corrected chi connectivity index (χ2v) is 7.49. The fraction of sp³-hybridized carbons (Fsp3) is 0.118. The Balaban J connectivity index is 1.86. The van der Waals surface area contributed by atoms with Gasteiger partial charge in [0.05, 0.1) is 10.6 Å². The molecule has 7 nitrogen and oxygen atoms in total. The third-order valence-electron chi connectivity index (χ3n) is 4.07. The van der Waals surface area contributed by atoms with Gasteiger partial charge in [0.1, 0.15) is 5.82 Å². The molecule has 0 bridgehead atoms. The lowest BCUT2D eigenvalue weighted by Crippen LogP contribution is -2.11. The predicted octanol–water partition coefficient (Wildman–Crippen LogP) is 2.93. The lowest BCUT2D eigenvalue weighted by molar-refractivity contribution is -0.140. The molecule has 0 atom stereocenters. The summed E-state index contributed by atoms with van der Waals surface area (Å²) in [6, 6.07) is 9.77. The van der Waals surface area contributed by atoms with Crippen LogP contribution in [-0.2, 0) is 16.2 Å². The number of hydrogen-bond acceptors (Lipinski definition) is 5. The number of hydrogen-bond donors (Lipinski definition) is 1. The van der Waals surface area contributed by atoms with Crippen LogP contribution in [0.1, 0.15) is 5.69 Å². The van der Waals surface area contributed by atoms with Gasteiger partial charge in [0.2, 0.25) is 16.8 Å². The maximum atomic E-state index is 13.2. The van der Waals surface area contributed by atoms with E-state index in [2.05, 4.69) is 4.98 Å². The number of aromatic nitrogens is 2. The summed E-state index contributed by atoms with van der Waals surface area (Å²) >= 11 is 0. The van der Waals surface area contributed by atoms with Gasteiger partial charge >= 0.3 is 6.18 Å². The molecule has 0 fully saturated rings. The SMILES string of the molecule is NS(=O)(=O)c1ccc(-c2nc(C(F)(F)F)cn2-c2ccc3c(c2)OCO3)cc1. The lowest BCUT2D eigenvalue weighted by Gasteiger charge is -2.09. The number of imidazole rings is 1. The third-order valence-corrected chi connectivity index (χ3v) is 5.00. The molecule has 2 heterocycles. The van der Waals surface area contributed by atoms with E-state index in [1.54, 1.807) is 12.1 Å². The summed E-state index contributed by atoms with van der Waals surface area (Å²) < 4.78 is 74.2. The molecule has 1 aliphatic rings. The summed E-state index contributed by atoms with van der Waals surface area (Å²) in [5.41, 5.74) is -0.436. The van der Waals surface area contributed by atoms with Crippen molar-refractivity contribution >= 4 is 10.0 Å². The van der Waals surface area contributed by atoms with Gasteiger partial charge < -0.3 is 9.47 Å². The average molecular weight is 411 g/mol. The zero-order valence-corrected chi connectivity index (χ0v) is 14.8. The first-order chi connectivity index (χ1) is 13.1. The largest absolute Gasteiger partial charge is 0.454 e. The van der Waals surface area contributed by atoms with Gasteiger partial charge in [-0.05, 0) is 36.4 Å². The van der Waals surface area contributed by atoms with Crippen LogP contribution >= 0.6 is 0 Å². The zero-order chi connectivity index (χ0) is 20.1. The molecule has 146 valence electrons. The van der Waals surface area contributed by atoms with E-state index in [1.165, 1.54) is 34.9 Å². The van der Waals surface area contributed by atoms with Crippen molar-refractivity contribution in [1.82, 2.24) is 9.55 Å². The van der Waals surface area contributed by atoms with Crippen LogP contribution in [0.2, 0.25) is 0 Å². The quantitative estimate of drug-likeness (QED) is 0.715. The highest BCUT2D eigenvalue weighted by Gasteiger charge is 2.35. The number of primary sulfonamides is 1. The highest BCUT2D eigenvalue weighted by Crippen LogP contribution is 2.37. The topological polar surface area (TPSA) is 96.4 Å². The lowest BCUT2D eigenvalue weighted by atomic mass is 10.2. The smallest absolute Gasteiger partial charge is 0.434 e. The fourth-order valence-electron chi connectivity index (χ4n) is 2.75. The Morgan fingerprint density at radius 1 is 1.04 bits per heavy atom. The van der Waals surface area contributed by atoms with Crippen molar-refractivity contribution in [2.45, 2.75) is 11.1 Å². The van der Waals surface area contributed by atoms with Crippen molar-refractivity contribution in [3.8, 4) is 28.6 Å². The summed E-state index contributed by atoms with van der Waals surface area (Å²) in [5.74, 6) is 0.862. The van der Waals surface area contributed by atoms with Crippen LogP contribution in [-0.4, -0.2) is 24.8 Å². The van der Waals surface area contributed by atoms with Crippen LogP contribution in [0.4, 0.5) is 13.2 Å². The van der Waals surface area contributed by atoms with Crippen molar-refractivity contribution in [2.75, 3.05) is 6.79 Å². The minimum Gasteiger partial charge on any atom is -0.454 e. The van der Waals surface area contributed by atoms with E-state index in [1.807, 2.05) is 0 Å². The maximum absolute atomic E-state index is 13.2. The highest BCUT2D eigenvalue weighted by molar-refractivity contribution is 7.89. The number of halogens is 3. The van der Waals surface area contributed by atoms with E-state index >= 15 is 0 Å². The molecule has 3 aromatic rings. The van der Waals surface area contributed by atoms with Gasteiger partial charge in [-0.15, -0.1) is 0 Å². The zero-order valence-electron chi connectivity index (χ0n) is 14.0. The van der Waals surface area contributed by atoms with Gasteiger partial charge in [0.15, 0.2) is 17.2 Å². The van der Waals surface area contributed by atoms with Crippen molar-refractivity contribution in [2.24, 2.45) is 5.14 Å². The minimum absolute atomic E-state index is 0.0211. The van der Waals surface area contributed by atoms with E-state index in [-0.39, 0.29) is 23.1 Å². The molecule has 0 radical (unpaired) electrons. The maximum Gasteiger partial charge on any atom is 0.434 e. The number of alkyl halides is 3. The Morgan fingerprint density at radius 3 is 2.36 bits per heavy atom. The molecule has 1 aliphatic heterocycles. The van der Waals surface area contributed by atoms with Crippen molar-refractivity contribution in [1.29, 1.82) is 0 Å². The predicted molar refractivity (Wildman–Crippen MR) is 91.5 cm³/mol. The molecule has 1 aromatic heterocycles. The number of rotatable bonds is 3. The van der Waals surface area contributed by atoms with Crippen molar-refractivity contribution < 1.29 is 31.1 Å².